The third kappa shape index (κ3) is 4.87. The molecule has 0 bridgehead atoms. The maximum absolute atomic E-state index is 12.4. The van der Waals surface area contributed by atoms with Crippen LogP contribution in [0, 0.1) is 12.8 Å². The normalized spacial score (nSPS) is 20.5. The van der Waals surface area contributed by atoms with E-state index < -0.39 is 0 Å². The summed E-state index contributed by atoms with van der Waals surface area (Å²) in [6.45, 7) is 5.32. The van der Waals surface area contributed by atoms with Crippen molar-refractivity contribution in [3.63, 3.8) is 0 Å². The number of aliphatic hydroxyl groups excluding tert-OH is 1. The molecule has 1 aromatic carbocycles. The second kappa shape index (κ2) is 8.92. The molecule has 24 heavy (non-hydrogen) atoms. The Kier molecular flexibility index (Phi) is 6.91. The second-order valence-electron chi connectivity index (χ2n) is 6.67. The van der Waals surface area contributed by atoms with Crippen LogP contribution in [0.1, 0.15) is 43.7 Å². The fraction of sp³-hybridized carbons (Fsp3) is 0.632. The Bertz CT molecular complexity index is 539. The van der Waals surface area contributed by atoms with Crippen molar-refractivity contribution in [2.45, 2.75) is 52.1 Å². The van der Waals surface area contributed by atoms with Crippen molar-refractivity contribution in [2.75, 3.05) is 20.3 Å². The summed E-state index contributed by atoms with van der Waals surface area (Å²) in [4.78, 5) is 14.2. The largest absolute Gasteiger partial charge is 0.494 e. The van der Waals surface area contributed by atoms with Gasteiger partial charge in [-0.05, 0) is 57.1 Å². The van der Waals surface area contributed by atoms with E-state index in [0.29, 0.717) is 19.1 Å². The van der Waals surface area contributed by atoms with E-state index in [1.807, 2.05) is 44.0 Å². The van der Waals surface area contributed by atoms with Crippen molar-refractivity contribution < 1.29 is 14.6 Å². The molecular formula is C19H30N2O3. The molecule has 0 atom stereocenters. The highest BCUT2D eigenvalue weighted by Crippen LogP contribution is 2.27. The molecule has 0 spiro atoms. The minimum atomic E-state index is -0.0505. The number of benzene rings is 1. The van der Waals surface area contributed by atoms with Gasteiger partial charge in [-0.25, -0.2) is 4.79 Å². The molecule has 5 heteroatoms. The smallest absolute Gasteiger partial charge is 0.317 e. The third-order valence-corrected chi connectivity index (χ3v) is 4.90. The lowest BCUT2D eigenvalue weighted by molar-refractivity contribution is 0.134. The van der Waals surface area contributed by atoms with Crippen molar-refractivity contribution in [3.05, 3.63) is 29.3 Å². The average molecular weight is 334 g/mol. The van der Waals surface area contributed by atoms with E-state index in [1.54, 1.807) is 0 Å². The topological polar surface area (TPSA) is 61.8 Å². The number of nitrogens with one attached hydrogen (secondary N) is 1. The fourth-order valence-corrected chi connectivity index (χ4v) is 3.27. The van der Waals surface area contributed by atoms with Gasteiger partial charge < -0.3 is 20.1 Å². The first-order valence-corrected chi connectivity index (χ1v) is 8.89. The fourth-order valence-electron chi connectivity index (χ4n) is 3.27. The molecule has 134 valence electrons. The van der Waals surface area contributed by atoms with E-state index in [1.165, 1.54) is 0 Å². The van der Waals surface area contributed by atoms with Crippen molar-refractivity contribution in [1.82, 2.24) is 10.2 Å². The number of ether oxygens (including phenoxy) is 1. The zero-order valence-corrected chi connectivity index (χ0v) is 15.0. The van der Waals surface area contributed by atoms with Crippen LogP contribution < -0.4 is 10.1 Å². The van der Waals surface area contributed by atoms with Crippen LogP contribution in [0.4, 0.5) is 4.79 Å². The molecule has 0 unspecified atom stereocenters. The molecule has 2 rings (SSSR count). The van der Waals surface area contributed by atoms with Gasteiger partial charge in [0.25, 0.3) is 0 Å². The molecule has 0 aliphatic heterocycles. The summed E-state index contributed by atoms with van der Waals surface area (Å²) in [5.41, 5.74) is 2.14. The molecule has 0 radical (unpaired) electrons. The Morgan fingerprint density at radius 2 is 2.04 bits per heavy atom. The molecule has 1 aliphatic rings. The number of urea groups is 1. The van der Waals surface area contributed by atoms with Gasteiger partial charge in [-0.1, -0.05) is 12.1 Å². The molecular weight excluding hydrogens is 304 g/mol. The van der Waals surface area contributed by atoms with Crippen LogP contribution in [0.25, 0.3) is 0 Å². The number of nitrogens with zero attached hydrogens (tertiary/aromatic N) is 1. The van der Waals surface area contributed by atoms with Gasteiger partial charge in [0, 0.05) is 31.8 Å². The second-order valence-corrected chi connectivity index (χ2v) is 6.67. The Morgan fingerprint density at radius 3 is 2.67 bits per heavy atom. The molecule has 0 aromatic heterocycles. The minimum Gasteiger partial charge on any atom is -0.494 e. The van der Waals surface area contributed by atoms with Gasteiger partial charge in [0.05, 0.1) is 6.61 Å². The SMILES string of the molecule is CCOc1cc(C)ccc1CNC(=O)N(C)C1CCC(CO)CC1. The summed E-state index contributed by atoms with van der Waals surface area (Å²) < 4.78 is 5.66. The third-order valence-electron chi connectivity index (χ3n) is 4.90. The molecule has 0 heterocycles. The Balaban J connectivity index is 1.88. The standard InChI is InChI=1S/C19H30N2O3/c1-4-24-18-11-14(2)5-8-16(18)12-20-19(23)21(3)17-9-6-15(13-22)7-10-17/h5,8,11,15,17,22H,4,6-7,9-10,12-13H2,1-3H3,(H,20,23). The number of aryl methyl sites for hydroxylation is 1. The summed E-state index contributed by atoms with van der Waals surface area (Å²) in [6.07, 6.45) is 3.91. The van der Waals surface area contributed by atoms with E-state index >= 15 is 0 Å². The summed E-state index contributed by atoms with van der Waals surface area (Å²) in [7, 11) is 1.86. The van der Waals surface area contributed by atoms with Gasteiger partial charge in [-0.15, -0.1) is 0 Å². The lowest BCUT2D eigenvalue weighted by Crippen LogP contribution is -2.45. The number of carbonyl (C=O) groups is 1. The highest BCUT2D eigenvalue weighted by molar-refractivity contribution is 5.74. The highest BCUT2D eigenvalue weighted by atomic mass is 16.5. The van der Waals surface area contributed by atoms with Gasteiger partial charge in [0.15, 0.2) is 0 Å². The van der Waals surface area contributed by atoms with Crippen LogP contribution >= 0.6 is 0 Å². The van der Waals surface area contributed by atoms with Crippen LogP contribution in [-0.2, 0) is 6.54 Å². The maximum atomic E-state index is 12.4. The first-order valence-electron chi connectivity index (χ1n) is 8.89. The monoisotopic (exact) mass is 334 g/mol. The first-order chi connectivity index (χ1) is 11.5. The minimum absolute atomic E-state index is 0.0505. The van der Waals surface area contributed by atoms with E-state index in [9.17, 15) is 9.90 Å². The number of carbonyl (C=O) groups excluding carboxylic acids is 1. The molecule has 2 N–H and O–H groups in total. The molecule has 0 saturated heterocycles. The molecule has 1 saturated carbocycles. The van der Waals surface area contributed by atoms with Crippen LogP contribution in [0.15, 0.2) is 18.2 Å². The summed E-state index contributed by atoms with van der Waals surface area (Å²) in [5, 5.41) is 12.2. The predicted octanol–water partition coefficient (Wildman–Crippen LogP) is 3.09. The van der Waals surface area contributed by atoms with Gasteiger partial charge in [-0.2, -0.15) is 0 Å². The highest BCUT2D eigenvalue weighted by Gasteiger charge is 2.26. The molecule has 1 fully saturated rings. The van der Waals surface area contributed by atoms with E-state index in [2.05, 4.69) is 5.32 Å². The van der Waals surface area contributed by atoms with Crippen molar-refractivity contribution in [2.24, 2.45) is 5.92 Å². The van der Waals surface area contributed by atoms with Crippen LogP contribution in [0.5, 0.6) is 5.75 Å². The Hall–Kier alpha value is -1.75. The summed E-state index contributed by atoms with van der Waals surface area (Å²) >= 11 is 0. The average Bonchev–Trinajstić information content (AvgIpc) is 2.60. The first kappa shape index (κ1) is 18.6. The van der Waals surface area contributed by atoms with Crippen molar-refractivity contribution >= 4 is 6.03 Å². The zero-order chi connectivity index (χ0) is 17.5. The predicted molar refractivity (Wildman–Crippen MR) is 95.2 cm³/mol. The molecule has 2 amide bonds. The quantitative estimate of drug-likeness (QED) is 0.840. The number of rotatable bonds is 6. The van der Waals surface area contributed by atoms with E-state index in [-0.39, 0.29) is 18.7 Å². The Morgan fingerprint density at radius 1 is 1.33 bits per heavy atom. The van der Waals surface area contributed by atoms with Crippen molar-refractivity contribution in [1.29, 1.82) is 0 Å². The van der Waals surface area contributed by atoms with E-state index in [0.717, 1.165) is 42.6 Å². The number of hydrogen-bond acceptors (Lipinski definition) is 3. The van der Waals surface area contributed by atoms with Gasteiger partial charge in [0.2, 0.25) is 0 Å². The number of hydrogen-bond donors (Lipinski definition) is 2. The summed E-state index contributed by atoms with van der Waals surface area (Å²) in [6, 6.07) is 6.25. The van der Waals surface area contributed by atoms with E-state index in [4.69, 9.17) is 4.74 Å². The van der Waals surface area contributed by atoms with Gasteiger partial charge in [0.1, 0.15) is 5.75 Å². The Labute approximate surface area is 145 Å². The molecule has 1 aromatic rings. The number of aliphatic hydroxyl groups is 1. The van der Waals surface area contributed by atoms with Crippen LogP contribution in [0.3, 0.4) is 0 Å². The molecule has 1 aliphatic carbocycles. The zero-order valence-electron chi connectivity index (χ0n) is 15.0. The van der Waals surface area contributed by atoms with Crippen LogP contribution in [-0.4, -0.2) is 42.3 Å². The lowest BCUT2D eigenvalue weighted by Gasteiger charge is -2.34. The summed E-state index contributed by atoms with van der Waals surface area (Å²) in [5.74, 6) is 1.24. The van der Waals surface area contributed by atoms with Gasteiger partial charge in [-0.3, -0.25) is 0 Å². The molecule has 5 nitrogen and oxygen atoms in total. The van der Waals surface area contributed by atoms with Gasteiger partial charge >= 0.3 is 6.03 Å². The van der Waals surface area contributed by atoms with Crippen molar-refractivity contribution in [3.8, 4) is 5.75 Å². The maximum Gasteiger partial charge on any atom is 0.317 e. The lowest BCUT2D eigenvalue weighted by atomic mass is 9.86. The van der Waals surface area contributed by atoms with Crippen LogP contribution in [0.2, 0.25) is 0 Å². The number of amides is 2.